The van der Waals surface area contributed by atoms with Gasteiger partial charge in [0.1, 0.15) is 5.75 Å². The van der Waals surface area contributed by atoms with E-state index in [1.165, 1.54) is 31.2 Å². The van der Waals surface area contributed by atoms with Gasteiger partial charge in [-0.15, -0.1) is 0 Å². The molecule has 1 aromatic carbocycles. The summed E-state index contributed by atoms with van der Waals surface area (Å²) < 4.78 is 11.1. The summed E-state index contributed by atoms with van der Waals surface area (Å²) >= 11 is 0. The third-order valence-electron chi connectivity index (χ3n) is 4.02. The number of ether oxygens (including phenoxy) is 2. The number of hydrogen-bond donors (Lipinski definition) is 1. The molecule has 0 spiro atoms. The number of nitrogens with one attached hydrogen (secondary N) is 1. The van der Waals surface area contributed by atoms with E-state index in [-0.39, 0.29) is 0 Å². The summed E-state index contributed by atoms with van der Waals surface area (Å²) in [5.74, 6) is 1.74. The van der Waals surface area contributed by atoms with E-state index in [0.29, 0.717) is 0 Å². The van der Waals surface area contributed by atoms with Crippen LogP contribution in [0.25, 0.3) is 0 Å². The Labute approximate surface area is 129 Å². The minimum absolute atomic E-state index is 0.761. The topological polar surface area (TPSA) is 30.5 Å². The minimum atomic E-state index is 0.761. The van der Waals surface area contributed by atoms with Crippen LogP contribution >= 0.6 is 0 Å². The summed E-state index contributed by atoms with van der Waals surface area (Å²) in [5.41, 5.74) is 1.32. The monoisotopic (exact) mass is 291 g/mol. The zero-order chi connectivity index (χ0) is 14.8. The molecule has 0 radical (unpaired) electrons. The van der Waals surface area contributed by atoms with Crippen molar-refractivity contribution in [2.45, 2.75) is 45.6 Å². The Morgan fingerprint density at radius 3 is 2.81 bits per heavy atom. The molecule has 1 aromatic rings. The van der Waals surface area contributed by atoms with Crippen LogP contribution in [0.3, 0.4) is 0 Å². The highest BCUT2D eigenvalue weighted by Gasteiger charge is 2.14. The molecule has 3 nitrogen and oxygen atoms in total. The molecular weight excluding hydrogens is 262 g/mol. The van der Waals surface area contributed by atoms with Gasteiger partial charge >= 0.3 is 0 Å². The number of rotatable bonds is 10. The molecule has 0 amide bonds. The first-order valence-electron chi connectivity index (χ1n) is 8.38. The summed E-state index contributed by atoms with van der Waals surface area (Å²) in [5, 5.41) is 3.51. The van der Waals surface area contributed by atoms with Crippen LogP contribution in [-0.4, -0.2) is 26.4 Å². The van der Waals surface area contributed by atoms with Crippen molar-refractivity contribution in [2.75, 3.05) is 26.4 Å². The molecule has 0 aromatic heterocycles. The lowest BCUT2D eigenvalue weighted by Gasteiger charge is -2.10. The second-order valence-electron chi connectivity index (χ2n) is 5.89. The molecular formula is C18H29NO2. The Hall–Kier alpha value is -1.06. The van der Waals surface area contributed by atoms with Crippen molar-refractivity contribution in [1.82, 2.24) is 5.32 Å². The maximum absolute atomic E-state index is 5.72. The Bertz CT molecular complexity index is 371. The van der Waals surface area contributed by atoms with E-state index < -0.39 is 0 Å². The third kappa shape index (κ3) is 6.49. The quantitative estimate of drug-likeness (QED) is 0.666. The van der Waals surface area contributed by atoms with Gasteiger partial charge in [0.25, 0.3) is 0 Å². The van der Waals surface area contributed by atoms with Crippen LogP contribution in [0, 0.1) is 5.92 Å². The molecule has 1 heterocycles. The molecule has 3 heteroatoms. The van der Waals surface area contributed by atoms with Crippen LogP contribution in [0.15, 0.2) is 24.3 Å². The highest BCUT2D eigenvalue weighted by atomic mass is 16.5. The zero-order valence-corrected chi connectivity index (χ0v) is 13.3. The molecule has 2 rings (SSSR count). The van der Waals surface area contributed by atoms with Crippen molar-refractivity contribution in [2.24, 2.45) is 5.92 Å². The summed E-state index contributed by atoms with van der Waals surface area (Å²) in [6, 6.07) is 8.46. The fraction of sp³-hybridized carbons (Fsp3) is 0.667. The lowest BCUT2D eigenvalue weighted by molar-refractivity contribution is 0.184. The third-order valence-corrected chi connectivity index (χ3v) is 4.02. The molecule has 1 aliphatic rings. The summed E-state index contributed by atoms with van der Waals surface area (Å²) in [6.07, 6.45) is 6.07. The normalized spacial score (nSPS) is 18.0. The van der Waals surface area contributed by atoms with Gasteiger partial charge in [-0.3, -0.25) is 0 Å². The molecule has 0 aliphatic carbocycles. The van der Waals surface area contributed by atoms with Crippen molar-refractivity contribution < 1.29 is 9.47 Å². The van der Waals surface area contributed by atoms with Gasteiger partial charge in [0, 0.05) is 19.8 Å². The summed E-state index contributed by atoms with van der Waals surface area (Å²) in [7, 11) is 0. The Morgan fingerprint density at radius 2 is 2.10 bits per heavy atom. The first kappa shape index (κ1) is 16.3. The standard InChI is InChI=1S/C18H29NO2/c1-2-3-4-12-21-18-7-5-16(6-8-18)14-19-11-9-17-10-13-20-15-17/h5-8,17,19H,2-4,9-15H2,1H3. The SMILES string of the molecule is CCCCCOc1ccc(CNCCC2CCOC2)cc1. The van der Waals surface area contributed by atoms with Crippen LogP contribution in [0.1, 0.15) is 44.6 Å². The van der Waals surface area contributed by atoms with Gasteiger partial charge in [-0.05, 0) is 49.4 Å². The summed E-state index contributed by atoms with van der Waals surface area (Å²) in [6.45, 7) is 6.94. The van der Waals surface area contributed by atoms with Crippen molar-refractivity contribution in [3.05, 3.63) is 29.8 Å². The van der Waals surface area contributed by atoms with Crippen LogP contribution in [0.2, 0.25) is 0 Å². The fourth-order valence-corrected chi connectivity index (χ4v) is 2.60. The average molecular weight is 291 g/mol. The van der Waals surface area contributed by atoms with Gasteiger partial charge in [0.2, 0.25) is 0 Å². The zero-order valence-electron chi connectivity index (χ0n) is 13.3. The smallest absolute Gasteiger partial charge is 0.119 e. The predicted octanol–water partition coefficient (Wildman–Crippen LogP) is 3.77. The maximum Gasteiger partial charge on any atom is 0.119 e. The Morgan fingerprint density at radius 1 is 1.24 bits per heavy atom. The van der Waals surface area contributed by atoms with E-state index in [2.05, 4.69) is 36.5 Å². The van der Waals surface area contributed by atoms with Crippen LogP contribution in [0.4, 0.5) is 0 Å². The highest BCUT2D eigenvalue weighted by molar-refractivity contribution is 5.27. The van der Waals surface area contributed by atoms with Crippen molar-refractivity contribution in [3.63, 3.8) is 0 Å². The molecule has 0 bridgehead atoms. The van der Waals surface area contributed by atoms with E-state index in [0.717, 1.165) is 51.0 Å². The van der Waals surface area contributed by atoms with Crippen molar-refractivity contribution in [1.29, 1.82) is 0 Å². The van der Waals surface area contributed by atoms with Crippen LogP contribution < -0.4 is 10.1 Å². The largest absolute Gasteiger partial charge is 0.494 e. The summed E-state index contributed by atoms with van der Waals surface area (Å²) in [4.78, 5) is 0. The van der Waals surface area contributed by atoms with Gasteiger partial charge in [0.15, 0.2) is 0 Å². The molecule has 1 saturated heterocycles. The van der Waals surface area contributed by atoms with E-state index in [4.69, 9.17) is 9.47 Å². The fourth-order valence-electron chi connectivity index (χ4n) is 2.60. The van der Waals surface area contributed by atoms with Gasteiger partial charge in [-0.1, -0.05) is 31.9 Å². The average Bonchev–Trinajstić information content (AvgIpc) is 3.03. The minimum Gasteiger partial charge on any atom is -0.494 e. The van der Waals surface area contributed by atoms with Crippen LogP contribution in [0.5, 0.6) is 5.75 Å². The lowest BCUT2D eigenvalue weighted by atomic mass is 10.1. The number of benzene rings is 1. The lowest BCUT2D eigenvalue weighted by Crippen LogP contribution is -2.17. The maximum atomic E-state index is 5.72. The van der Waals surface area contributed by atoms with E-state index in [1.54, 1.807) is 0 Å². The second-order valence-corrected chi connectivity index (χ2v) is 5.89. The first-order valence-corrected chi connectivity index (χ1v) is 8.38. The van der Waals surface area contributed by atoms with E-state index in [9.17, 15) is 0 Å². The highest BCUT2D eigenvalue weighted by Crippen LogP contribution is 2.16. The molecule has 1 aliphatic heterocycles. The van der Waals surface area contributed by atoms with Gasteiger partial charge in [0.05, 0.1) is 6.61 Å². The van der Waals surface area contributed by atoms with E-state index >= 15 is 0 Å². The van der Waals surface area contributed by atoms with Gasteiger partial charge in [-0.25, -0.2) is 0 Å². The van der Waals surface area contributed by atoms with Crippen LogP contribution in [-0.2, 0) is 11.3 Å². The number of unbranched alkanes of at least 4 members (excludes halogenated alkanes) is 2. The van der Waals surface area contributed by atoms with Crippen molar-refractivity contribution >= 4 is 0 Å². The molecule has 1 N–H and O–H groups in total. The van der Waals surface area contributed by atoms with Gasteiger partial charge in [-0.2, -0.15) is 0 Å². The molecule has 118 valence electrons. The van der Waals surface area contributed by atoms with E-state index in [1.807, 2.05) is 0 Å². The molecule has 1 atom stereocenters. The van der Waals surface area contributed by atoms with Gasteiger partial charge < -0.3 is 14.8 Å². The molecule has 0 saturated carbocycles. The Balaban J connectivity index is 1.58. The predicted molar refractivity (Wildman–Crippen MR) is 86.7 cm³/mol. The first-order chi connectivity index (χ1) is 10.4. The van der Waals surface area contributed by atoms with Crippen molar-refractivity contribution in [3.8, 4) is 5.75 Å². The Kier molecular flexibility index (Phi) is 7.61. The molecule has 1 unspecified atom stereocenters. The number of hydrogen-bond acceptors (Lipinski definition) is 3. The molecule has 21 heavy (non-hydrogen) atoms. The molecule has 1 fully saturated rings. The second kappa shape index (κ2) is 9.80.